The van der Waals surface area contributed by atoms with Crippen molar-refractivity contribution in [3.05, 3.63) is 0 Å². The molecule has 1 rings (SSSR count). The van der Waals surface area contributed by atoms with Gasteiger partial charge in [-0.2, -0.15) is 0 Å². The van der Waals surface area contributed by atoms with Gasteiger partial charge in [0.15, 0.2) is 0 Å². The SMILES string of the molecule is CC(C)NC(C)(CN1CCC(C(C)C)C1)C(=O)O. The van der Waals surface area contributed by atoms with E-state index in [1.54, 1.807) is 6.92 Å². The average Bonchev–Trinajstić information content (AvgIpc) is 2.64. The van der Waals surface area contributed by atoms with Gasteiger partial charge in [0.2, 0.25) is 0 Å². The second kappa shape index (κ2) is 6.02. The van der Waals surface area contributed by atoms with Crippen molar-refractivity contribution in [1.29, 1.82) is 0 Å². The van der Waals surface area contributed by atoms with Crippen molar-refractivity contribution < 1.29 is 9.90 Å². The number of carbonyl (C=O) groups is 1. The van der Waals surface area contributed by atoms with Crippen LogP contribution in [0.1, 0.15) is 41.0 Å². The summed E-state index contributed by atoms with van der Waals surface area (Å²) in [6.07, 6.45) is 1.19. The van der Waals surface area contributed by atoms with Gasteiger partial charge >= 0.3 is 5.97 Å². The highest BCUT2D eigenvalue weighted by Gasteiger charge is 2.37. The molecule has 1 saturated heterocycles. The van der Waals surface area contributed by atoms with Crippen molar-refractivity contribution in [3.8, 4) is 0 Å². The van der Waals surface area contributed by atoms with Gasteiger partial charge in [-0.05, 0) is 45.6 Å². The highest BCUT2D eigenvalue weighted by atomic mass is 16.4. The van der Waals surface area contributed by atoms with Crippen LogP contribution in [0.2, 0.25) is 0 Å². The Hall–Kier alpha value is -0.610. The Labute approximate surface area is 111 Å². The molecule has 106 valence electrons. The summed E-state index contributed by atoms with van der Waals surface area (Å²) in [6, 6.07) is 0.176. The van der Waals surface area contributed by atoms with E-state index in [-0.39, 0.29) is 6.04 Å². The molecule has 4 nitrogen and oxygen atoms in total. The molecule has 1 fully saturated rings. The monoisotopic (exact) mass is 256 g/mol. The van der Waals surface area contributed by atoms with Crippen LogP contribution < -0.4 is 5.32 Å². The Balaban J connectivity index is 2.60. The molecule has 2 unspecified atom stereocenters. The zero-order valence-electron chi connectivity index (χ0n) is 12.4. The summed E-state index contributed by atoms with van der Waals surface area (Å²) in [6.45, 7) is 12.9. The predicted octanol–water partition coefficient (Wildman–Crippen LogP) is 1.81. The van der Waals surface area contributed by atoms with Crippen LogP contribution in [0.3, 0.4) is 0 Å². The summed E-state index contributed by atoms with van der Waals surface area (Å²) < 4.78 is 0. The quantitative estimate of drug-likeness (QED) is 0.761. The summed E-state index contributed by atoms with van der Waals surface area (Å²) in [4.78, 5) is 13.8. The molecule has 0 spiro atoms. The van der Waals surface area contributed by atoms with Gasteiger partial charge in [0.1, 0.15) is 5.54 Å². The molecule has 1 aliphatic rings. The first kappa shape index (κ1) is 15.4. The lowest BCUT2D eigenvalue weighted by atomic mass is 9.95. The summed E-state index contributed by atoms with van der Waals surface area (Å²) in [5, 5.41) is 12.6. The number of hydrogen-bond acceptors (Lipinski definition) is 3. The summed E-state index contributed by atoms with van der Waals surface area (Å²) in [7, 11) is 0. The molecule has 0 saturated carbocycles. The third-order valence-electron chi connectivity index (χ3n) is 3.87. The first-order valence-corrected chi connectivity index (χ1v) is 6.98. The fourth-order valence-electron chi connectivity index (χ4n) is 2.81. The standard InChI is InChI=1S/C14H28N2O2/c1-10(2)12-6-7-16(8-12)9-14(5,13(17)18)15-11(3)4/h10-12,15H,6-9H2,1-5H3,(H,17,18). The Morgan fingerprint density at radius 3 is 2.44 bits per heavy atom. The maximum Gasteiger partial charge on any atom is 0.324 e. The topological polar surface area (TPSA) is 52.6 Å². The molecule has 0 amide bonds. The lowest BCUT2D eigenvalue weighted by Gasteiger charge is -2.33. The number of carboxylic acid groups (broad SMARTS) is 1. The Morgan fingerprint density at radius 2 is 2.06 bits per heavy atom. The molecule has 0 aromatic heterocycles. The van der Waals surface area contributed by atoms with Gasteiger partial charge in [-0.15, -0.1) is 0 Å². The fraction of sp³-hybridized carbons (Fsp3) is 0.929. The second-order valence-electron chi connectivity index (χ2n) is 6.46. The minimum absolute atomic E-state index is 0.176. The predicted molar refractivity (Wildman–Crippen MR) is 73.7 cm³/mol. The second-order valence-corrected chi connectivity index (χ2v) is 6.46. The Morgan fingerprint density at radius 1 is 1.44 bits per heavy atom. The molecule has 2 atom stereocenters. The van der Waals surface area contributed by atoms with Crippen LogP contribution in [0.4, 0.5) is 0 Å². The minimum atomic E-state index is -0.847. The molecule has 2 N–H and O–H groups in total. The molecule has 0 bridgehead atoms. The normalized spacial score (nSPS) is 24.7. The largest absolute Gasteiger partial charge is 0.480 e. The van der Waals surface area contributed by atoms with Crippen LogP contribution in [0.25, 0.3) is 0 Å². The van der Waals surface area contributed by atoms with Gasteiger partial charge in [-0.1, -0.05) is 13.8 Å². The Bertz CT molecular complexity index is 292. The van der Waals surface area contributed by atoms with Crippen molar-refractivity contribution >= 4 is 5.97 Å². The van der Waals surface area contributed by atoms with E-state index in [4.69, 9.17) is 0 Å². The van der Waals surface area contributed by atoms with E-state index >= 15 is 0 Å². The highest BCUT2D eigenvalue weighted by Crippen LogP contribution is 2.25. The number of aliphatic carboxylic acids is 1. The van der Waals surface area contributed by atoms with Crippen LogP contribution in [-0.4, -0.2) is 47.2 Å². The van der Waals surface area contributed by atoms with Crippen molar-refractivity contribution in [2.45, 2.75) is 52.6 Å². The van der Waals surface area contributed by atoms with Crippen molar-refractivity contribution in [2.24, 2.45) is 11.8 Å². The van der Waals surface area contributed by atoms with Gasteiger partial charge in [-0.25, -0.2) is 0 Å². The van der Waals surface area contributed by atoms with Gasteiger partial charge in [0, 0.05) is 19.1 Å². The number of rotatable bonds is 6. The van der Waals surface area contributed by atoms with E-state index in [1.165, 1.54) is 6.42 Å². The number of carboxylic acids is 1. The molecule has 4 heteroatoms. The first-order chi connectivity index (χ1) is 8.24. The molecule has 18 heavy (non-hydrogen) atoms. The molecule has 0 radical (unpaired) electrons. The molecule has 0 aromatic carbocycles. The van der Waals surface area contributed by atoms with E-state index in [0.29, 0.717) is 18.4 Å². The lowest BCUT2D eigenvalue weighted by Crippen LogP contribution is -2.58. The molecular weight excluding hydrogens is 228 g/mol. The number of nitrogens with zero attached hydrogens (tertiary/aromatic N) is 1. The summed E-state index contributed by atoms with van der Waals surface area (Å²) in [5.74, 6) is 0.635. The van der Waals surface area contributed by atoms with E-state index in [0.717, 1.165) is 13.1 Å². The van der Waals surface area contributed by atoms with Gasteiger partial charge in [-0.3, -0.25) is 10.1 Å². The molecule has 0 aliphatic carbocycles. The van der Waals surface area contributed by atoms with E-state index < -0.39 is 11.5 Å². The number of likely N-dealkylation sites (tertiary alicyclic amines) is 1. The van der Waals surface area contributed by atoms with Crippen LogP contribution in [-0.2, 0) is 4.79 Å². The molecule has 1 heterocycles. The zero-order chi connectivity index (χ0) is 13.9. The van der Waals surface area contributed by atoms with Crippen LogP contribution >= 0.6 is 0 Å². The molecule has 1 aliphatic heterocycles. The van der Waals surface area contributed by atoms with E-state index in [9.17, 15) is 9.90 Å². The van der Waals surface area contributed by atoms with Crippen LogP contribution in [0.5, 0.6) is 0 Å². The van der Waals surface area contributed by atoms with Gasteiger partial charge in [0.25, 0.3) is 0 Å². The van der Waals surface area contributed by atoms with Crippen molar-refractivity contribution in [2.75, 3.05) is 19.6 Å². The van der Waals surface area contributed by atoms with E-state index in [1.807, 2.05) is 13.8 Å². The van der Waals surface area contributed by atoms with Crippen LogP contribution in [0, 0.1) is 11.8 Å². The van der Waals surface area contributed by atoms with Crippen molar-refractivity contribution in [3.63, 3.8) is 0 Å². The average molecular weight is 256 g/mol. The smallest absolute Gasteiger partial charge is 0.324 e. The van der Waals surface area contributed by atoms with Crippen molar-refractivity contribution in [1.82, 2.24) is 10.2 Å². The molecular formula is C14H28N2O2. The van der Waals surface area contributed by atoms with Gasteiger partial charge < -0.3 is 10.0 Å². The van der Waals surface area contributed by atoms with Gasteiger partial charge in [0.05, 0.1) is 0 Å². The Kier molecular flexibility index (Phi) is 5.17. The lowest BCUT2D eigenvalue weighted by molar-refractivity contribution is -0.145. The number of hydrogen-bond donors (Lipinski definition) is 2. The summed E-state index contributed by atoms with van der Waals surface area (Å²) in [5.41, 5.74) is -0.847. The first-order valence-electron chi connectivity index (χ1n) is 6.98. The highest BCUT2D eigenvalue weighted by molar-refractivity contribution is 5.78. The van der Waals surface area contributed by atoms with Crippen LogP contribution in [0.15, 0.2) is 0 Å². The maximum absolute atomic E-state index is 11.5. The number of nitrogens with one attached hydrogen (secondary N) is 1. The molecule has 0 aromatic rings. The zero-order valence-corrected chi connectivity index (χ0v) is 12.4. The fourth-order valence-corrected chi connectivity index (χ4v) is 2.81. The summed E-state index contributed by atoms with van der Waals surface area (Å²) >= 11 is 0. The maximum atomic E-state index is 11.5. The minimum Gasteiger partial charge on any atom is -0.480 e. The third-order valence-corrected chi connectivity index (χ3v) is 3.87. The third kappa shape index (κ3) is 3.95. The van der Waals surface area contributed by atoms with E-state index in [2.05, 4.69) is 24.1 Å².